The minimum absolute atomic E-state index is 0.0361. The van der Waals surface area contributed by atoms with Crippen molar-refractivity contribution in [3.05, 3.63) is 263 Å². The topological polar surface area (TPSA) is 6.48 Å². The van der Waals surface area contributed by atoms with Crippen LogP contribution >= 0.6 is 0 Å². The van der Waals surface area contributed by atoms with Crippen molar-refractivity contribution in [1.82, 2.24) is 0 Å². The van der Waals surface area contributed by atoms with Gasteiger partial charge in [0.2, 0.25) is 0 Å². The smallest absolute Gasteiger partial charge is 0.148 e. The van der Waals surface area contributed by atoms with Gasteiger partial charge >= 0.3 is 0 Å². The number of rotatable bonds is 11. The van der Waals surface area contributed by atoms with Gasteiger partial charge in [-0.15, -0.1) is 0 Å². The molecule has 0 heterocycles. The highest BCUT2D eigenvalue weighted by molar-refractivity contribution is 6.28. The van der Waals surface area contributed by atoms with Crippen molar-refractivity contribution in [3.63, 3.8) is 0 Å². The summed E-state index contributed by atoms with van der Waals surface area (Å²) in [5.74, 6) is -0.451. The van der Waals surface area contributed by atoms with Crippen LogP contribution < -0.4 is 9.80 Å². The number of hydrogen-bond donors (Lipinski definition) is 0. The van der Waals surface area contributed by atoms with Crippen LogP contribution in [0.15, 0.2) is 218 Å². The lowest BCUT2D eigenvalue weighted by Crippen LogP contribution is -2.17. The fraction of sp³-hybridized carbons (Fsp3) is 0.264. The van der Waals surface area contributed by atoms with Gasteiger partial charge in [-0.05, 0) is 182 Å². The fourth-order valence-corrected chi connectivity index (χ4v) is 13.1. The predicted octanol–water partition coefficient (Wildman–Crippen LogP) is 26.1. The summed E-state index contributed by atoms with van der Waals surface area (Å²) in [6.45, 7) is 37.8. The molecule has 4 heteroatoms. The van der Waals surface area contributed by atoms with E-state index in [1.165, 1.54) is 22.3 Å². The molecule has 12 aromatic carbocycles. The molecule has 0 bridgehead atoms. The first-order valence-electron chi connectivity index (χ1n) is 32.5. The van der Waals surface area contributed by atoms with E-state index in [9.17, 15) is 0 Å². The number of anilines is 6. The second-order valence-electron chi connectivity index (χ2n) is 30.8. The van der Waals surface area contributed by atoms with Crippen molar-refractivity contribution in [1.29, 1.82) is 0 Å². The second kappa shape index (κ2) is 23.1. The van der Waals surface area contributed by atoms with Crippen molar-refractivity contribution in [2.45, 2.75) is 151 Å². The quantitative estimate of drug-likeness (QED) is 0.119. The minimum Gasteiger partial charge on any atom is -0.307 e. The van der Waals surface area contributed by atoms with E-state index < -0.39 is 0 Å². The van der Waals surface area contributed by atoms with Crippen LogP contribution in [-0.2, 0) is 27.1 Å². The van der Waals surface area contributed by atoms with Crippen LogP contribution in [0.3, 0.4) is 0 Å². The number of benzene rings is 12. The third kappa shape index (κ3) is 12.1. The van der Waals surface area contributed by atoms with E-state index in [1.54, 1.807) is 12.1 Å². The SMILES string of the molecule is CC(C)c1cccc(N(c2c(F)cc(-c3ccc(C(C)(C)C)cc3)cc2-c2ccc(C(C)(C)C)cc2)c2ccc3ccc4c(N(c5cccc(C(C)(C)C)c5)c5c(F)cc(-c6ccc(C(C)(C)C)cc6)cc5-c5ccc(C(C)(C)C)cc5)ccc5ccc2c3c54)c1. The van der Waals surface area contributed by atoms with E-state index in [4.69, 9.17) is 0 Å². The molecule has 0 unspecified atom stereocenters. The van der Waals surface area contributed by atoms with Crippen LogP contribution in [-0.4, -0.2) is 0 Å². The highest BCUT2D eigenvalue weighted by atomic mass is 19.1. The Kier molecular flexibility index (Phi) is 15.8. The first-order chi connectivity index (χ1) is 42.9. The normalized spacial score (nSPS) is 12.7. The maximum atomic E-state index is 18.7. The Morgan fingerprint density at radius 1 is 0.297 bits per heavy atom. The van der Waals surface area contributed by atoms with E-state index in [0.717, 1.165) is 111 Å². The second-order valence-corrected chi connectivity index (χ2v) is 30.8. The Bertz CT molecular complexity index is 4670. The molecule has 0 atom stereocenters. The van der Waals surface area contributed by atoms with E-state index in [2.05, 4.69) is 334 Å². The zero-order chi connectivity index (χ0) is 64.9. The molecule has 0 aliphatic carbocycles. The van der Waals surface area contributed by atoms with E-state index in [0.29, 0.717) is 11.4 Å². The van der Waals surface area contributed by atoms with Gasteiger partial charge in [-0.1, -0.05) is 275 Å². The van der Waals surface area contributed by atoms with Gasteiger partial charge in [0.15, 0.2) is 0 Å². The van der Waals surface area contributed by atoms with Crippen molar-refractivity contribution in [3.8, 4) is 44.5 Å². The molecule has 0 saturated heterocycles. The van der Waals surface area contributed by atoms with E-state index in [-0.39, 0.29) is 44.6 Å². The van der Waals surface area contributed by atoms with Crippen molar-refractivity contribution >= 4 is 66.4 Å². The Balaban J connectivity index is 1.13. The molecule has 0 saturated carbocycles. The third-order valence-electron chi connectivity index (χ3n) is 18.7. The molecule has 0 radical (unpaired) electrons. The fourth-order valence-electron chi connectivity index (χ4n) is 13.1. The van der Waals surface area contributed by atoms with Crippen LogP contribution in [0, 0.1) is 11.6 Å². The third-order valence-corrected chi connectivity index (χ3v) is 18.7. The lowest BCUT2D eigenvalue weighted by Gasteiger charge is -2.32. The Labute approximate surface area is 540 Å². The first-order valence-corrected chi connectivity index (χ1v) is 32.5. The average Bonchev–Trinajstić information content (AvgIpc) is 0.723. The molecule has 91 heavy (non-hydrogen) atoms. The molecule has 2 nitrogen and oxygen atoms in total. The summed E-state index contributed by atoms with van der Waals surface area (Å²) in [6.07, 6.45) is 0. The average molecular weight is 1200 g/mol. The van der Waals surface area contributed by atoms with Crippen molar-refractivity contribution < 1.29 is 8.78 Å². The van der Waals surface area contributed by atoms with Crippen LogP contribution in [0.4, 0.5) is 42.9 Å². The summed E-state index contributed by atoms with van der Waals surface area (Å²) < 4.78 is 37.3. The predicted molar refractivity (Wildman–Crippen MR) is 389 cm³/mol. The standard InChI is InChI=1S/C87H88F2N2/c1-54(2)61-20-18-22-69(48-61)90(81-73(57-28-40-66(41-29-57)85(9,10)11)49-62(51-75(81)88)55-24-36-64(37-25-55)83(3,4)5)77-46-34-59-33-45-72-78(47-35-60-32-44-71(77)79(59)80(60)72)91(70-23-19-21-68(53-70)87(15,16)17)82-74(58-30-42-67(43-31-58)86(12,13)14)50-63(52-76(82)89)56-26-38-65(39-27-56)84(6,7)8/h18-54H,1-17H3. The molecule has 12 rings (SSSR count). The van der Waals surface area contributed by atoms with Crippen molar-refractivity contribution in [2.75, 3.05) is 9.80 Å². The van der Waals surface area contributed by atoms with Crippen molar-refractivity contribution in [2.24, 2.45) is 0 Å². The summed E-state index contributed by atoms with van der Waals surface area (Å²) in [5.41, 5.74) is 17.9. The molecule has 12 aromatic rings. The van der Waals surface area contributed by atoms with Gasteiger partial charge in [-0.25, -0.2) is 8.78 Å². The lowest BCUT2D eigenvalue weighted by molar-refractivity contribution is 0.590. The van der Waals surface area contributed by atoms with Gasteiger partial charge in [0, 0.05) is 33.3 Å². The van der Waals surface area contributed by atoms with Gasteiger partial charge in [-0.3, -0.25) is 0 Å². The Morgan fingerprint density at radius 2 is 0.626 bits per heavy atom. The summed E-state index contributed by atoms with van der Waals surface area (Å²) >= 11 is 0. The maximum absolute atomic E-state index is 18.7. The highest BCUT2D eigenvalue weighted by Gasteiger charge is 2.31. The summed E-state index contributed by atoms with van der Waals surface area (Å²) in [7, 11) is 0. The van der Waals surface area contributed by atoms with Crippen LogP contribution in [0.2, 0.25) is 0 Å². The molecule has 0 aromatic heterocycles. The van der Waals surface area contributed by atoms with E-state index in [1.807, 2.05) is 0 Å². The highest BCUT2D eigenvalue weighted by Crippen LogP contribution is 2.53. The number of nitrogens with zero attached hydrogens (tertiary/aromatic N) is 2. The summed E-state index contributed by atoms with van der Waals surface area (Å²) in [4.78, 5) is 4.34. The molecule has 0 fully saturated rings. The van der Waals surface area contributed by atoms with Gasteiger partial charge in [-0.2, -0.15) is 0 Å². The number of halogens is 2. The van der Waals surface area contributed by atoms with Gasteiger partial charge < -0.3 is 9.80 Å². The van der Waals surface area contributed by atoms with Crippen LogP contribution in [0.5, 0.6) is 0 Å². The molecule has 0 N–H and O–H groups in total. The number of hydrogen-bond acceptors (Lipinski definition) is 2. The monoisotopic (exact) mass is 1200 g/mol. The molecular weight excluding hydrogens is 1110 g/mol. The minimum atomic E-state index is -0.334. The molecular formula is C87H88F2N2. The first kappa shape index (κ1) is 62.3. The Hall–Kier alpha value is -8.86. The molecule has 0 spiro atoms. The largest absolute Gasteiger partial charge is 0.307 e. The molecule has 0 aliphatic rings. The van der Waals surface area contributed by atoms with Crippen LogP contribution in [0.25, 0.3) is 76.8 Å². The van der Waals surface area contributed by atoms with Gasteiger partial charge in [0.05, 0.1) is 22.7 Å². The van der Waals surface area contributed by atoms with Crippen LogP contribution in [0.1, 0.15) is 157 Å². The summed E-state index contributed by atoms with van der Waals surface area (Å²) in [5, 5.41) is 6.11. The molecule has 0 amide bonds. The zero-order valence-electron chi connectivity index (χ0n) is 56.5. The molecule has 460 valence electrons. The zero-order valence-corrected chi connectivity index (χ0v) is 56.5. The summed E-state index contributed by atoms with van der Waals surface area (Å²) in [6, 6.07) is 77.3. The maximum Gasteiger partial charge on any atom is 0.148 e. The van der Waals surface area contributed by atoms with Gasteiger partial charge in [0.1, 0.15) is 11.6 Å². The lowest BCUT2D eigenvalue weighted by atomic mass is 9.85. The van der Waals surface area contributed by atoms with Gasteiger partial charge in [0.25, 0.3) is 0 Å². The molecule has 0 aliphatic heterocycles. The van der Waals surface area contributed by atoms with E-state index >= 15 is 8.78 Å². The Morgan fingerprint density at radius 3 is 0.978 bits per heavy atom.